The Kier molecular flexibility index (Phi) is 2.06. The standard InChI is InChI=1S/C7H10O3/c8-4-5-1-2-6(3-5)7(9)10/h1-2,5-6,8H,3-4H2,(H,9,10)/t5-,6+/m1/s1. The van der Waals surface area contributed by atoms with Gasteiger partial charge in [-0.1, -0.05) is 12.2 Å². The first-order valence-electron chi connectivity index (χ1n) is 3.26. The Hall–Kier alpha value is -0.830. The molecule has 1 aliphatic carbocycles. The van der Waals surface area contributed by atoms with Crippen LogP contribution in [0.2, 0.25) is 0 Å². The fourth-order valence-electron chi connectivity index (χ4n) is 1.09. The maximum absolute atomic E-state index is 10.3. The van der Waals surface area contributed by atoms with Crippen LogP contribution in [0.15, 0.2) is 12.2 Å². The molecule has 10 heavy (non-hydrogen) atoms. The molecule has 0 unspecified atom stereocenters. The maximum atomic E-state index is 10.3. The summed E-state index contributed by atoms with van der Waals surface area (Å²) in [5.74, 6) is -1.12. The second-order valence-electron chi connectivity index (χ2n) is 2.51. The number of aliphatic hydroxyl groups is 1. The largest absolute Gasteiger partial charge is 0.481 e. The van der Waals surface area contributed by atoms with E-state index in [1.165, 1.54) is 0 Å². The molecule has 0 fully saturated rings. The summed E-state index contributed by atoms with van der Waals surface area (Å²) in [5, 5.41) is 17.1. The molecule has 3 nitrogen and oxygen atoms in total. The predicted octanol–water partition coefficient (Wildman–Crippen LogP) is 0.256. The van der Waals surface area contributed by atoms with Gasteiger partial charge in [0.2, 0.25) is 0 Å². The van der Waals surface area contributed by atoms with E-state index in [4.69, 9.17) is 10.2 Å². The average molecular weight is 142 g/mol. The fourth-order valence-corrected chi connectivity index (χ4v) is 1.09. The van der Waals surface area contributed by atoms with Crippen LogP contribution in [0.25, 0.3) is 0 Å². The van der Waals surface area contributed by atoms with Crippen molar-refractivity contribution in [3.63, 3.8) is 0 Å². The minimum atomic E-state index is -0.799. The van der Waals surface area contributed by atoms with Gasteiger partial charge in [0, 0.05) is 12.5 Å². The quantitative estimate of drug-likeness (QED) is 0.543. The molecule has 0 saturated carbocycles. The van der Waals surface area contributed by atoms with Gasteiger partial charge in [0.1, 0.15) is 0 Å². The molecule has 2 N–H and O–H groups in total. The van der Waals surface area contributed by atoms with Crippen molar-refractivity contribution in [1.29, 1.82) is 0 Å². The van der Waals surface area contributed by atoms with Crippen molar-refractivity contribution >= 4 is 5.97 Å². The number of carboxylic acid groups (broad SMARTS) is 1. The van der Waals surface area contributed by atoms with Crippen LogP contribution < -0.4 is 0 Å². The van der Waals surface area contributed by atoms with Crippen LogP contribution in [0.1, 0.15) is 6.42 Å². The summed E-state index contributed by atoms with van der Waals surface area (Å²) in [6.07, 6.45) is 3.95. The van der Waals surface area contributed by atoms with E-state index in [9.17, 15) is 4.79 Å². The van der Waals surface area contributed by atoms with Crippen LogP contribution in [-0.4, -0.2) is 22.8 Å². The second-order valence-corrected chi connectivity index (χ2v) is 2.51. The summed E-state index contributed by atoms with van der Waals surface area (Å²) in [6.45, 7) is 0.0558. The lowest BCUT2D eigenvalue weighted by Crippen LogP contribution is -2.11. The summed E-state index contributed by atoms with van der Waals surface area (Å²) < 4.78 is 0. The number of carboxylic acids is 1. The topological polar surface area (TPSA) is 57.5 Å². The van der Waals surface area contributed by atoms with E-state index in [-0.39, 0.29) is 18.4 Å². The van der Waals surface area contributed by atoms with Gasteiger partial charge in [-0.25, -0.2) is 0 Å². The highest BCUT2D eigenvalue weighted by Crippen LogP contribution is 2.22. The lowest BCUT2D eigenvalue weighted by atomic mass is 10.0. The molecular formula is C7H10O3. The zero-order valence-corrected chi connectivity index (χ0v) is 5.53. The van der Waals surface area contributed by atoms with E-state index in [0.29, 0.717) is 6.42 Å². The highest BCUT2D eigenvalue weighted by Gasteiger charge is 2.23. The zero-order valence-electron chi connectivity index (χ0n) is 5.53. The lowest BCUT2D eigenvalue weighted by molar-refractivity contribution is -0.140. The van der Waals surface area contributed by atoms with Crippen LogP contribution >= 0.6 is 0 Å². The molecule has 0 heterocycles. The lowest BCUT2D eigenvalue weighted by Gasteiger charge is -2.03. The van der Waals surface area contributed by atoms with Crippen molar-refractivity contribution < 1.29 is 15.0 Å². The smallest absolute Gasteiger partial charge is 0.310 e. The van der Waals surface area contributed by atoms with Crippen LogP contribution in [-0.2, 0) is 4.79 Å². The van der Waals surface area contributed by atoms with Crippen molar-refractivity contribution in [2.45, 2.75) is 6.42 Å². The average Bonchev–Trinajstić information content (AvgIpc) is 2.34. The van der Waals surface area contributed by atoms with E-state index in [1.807, 2.05) is 0 Å². The van der Waals surface area contributed by atoms with Gasteiger partial charge < -0.3 is 10.2 Å². The number of aliphatic carboxylic acids is 1. The Morgan fingerprint density at radius 1 is 1.60 bits per heavy atom. The number of hydrogen-bond donors (Lipinski definition) is 2. The molecule has 1 rings (SSSR count). The van der Waals surface area contributed by atoms with Gasteiger partial charge >= 0.3 is 5.97 Å². The monoisotopic (exact) mass is 142 g/mol. The van der Waals surface area contributed by atoms with E-state index < -0.39 is 5.97 Å². The van der Waals surface area contributed by atoms with Crippen LogP contribution in [0.4, 0.5) is 0 Å². The SMILES string of the molecule is O=C(O)[C@H]1C=C[C@@H](CO)C1. The summed E-state index contributed by atoms with van der Waals surface area (Å²) in [7, 11) is 0. The fraction of sp³-hybridized carbons (Fsp3) is 0.571. The molecule has 0 aromatic rings. The molecule has 0 aromatic carbocycles. The molecule has 3 heteroatoms. The Morgan fingerprint density at radius 3 is 2.60 bits per heavy atom. The Balaban J connectivity index is 2.45. The van der Waals surface area contributed by atoms with E-state index in [2.05, 4.69) is 0 Å². The number of rotatable bonds is 2. The highest BCUT2D eigenvalue weighted by atomic mass is 16.4. The van der Waals surface area contributed by atoms with E-state index >= 15 is 0 Å². The first-order chi connectivity index (χ1) is 4.74. The molecule has 56 valence electrons. The van der Waals surface area contributed by atoms with Gasteiger partial charge in [0.15, 0.2) is 0 Å². The second kappa shape index (κ2) is 2.84. The Labute approximate surface area is 59.0 Å². The summed E-state index contributed by atoms with van der Waals surface area (Å²) in [4.78, 5) is 10.3. The van der Waals surface area contributed by atoms with Crippen molar-refractivity contribution in [3.05, 3.63) is 12.2 Å². The minimum Gasteiger partial charge on any atom is -0.481 e. The van der Waals surface area contributed by atoms with Gasteiger partial charge in [-0.15, -0.1) is 0 Å². The minimum absolute atomic E-state index is 0.0558. The van der Waals surface area contributed by atoms with Crippen LogP contribution in [0, 0.1) is 11.8 Å². The summed E-state index contributed by atoms with van der Waals surface area (Å²) in [5.41, 5.74) is 0. The molecule has 2 atom stereocenters. The molecule has 0 bridgehead atoms. The first kappa shape index (κ1) is 7.28. The molecule has 1 aliphatic rings. The highest BCUT2D eigenvalue weighted by molar-refractivity contribution is 5.72. The van der Waals surface area contributed by atoms with Crippen LogP contribution in [0.5, 0.6) is 0 Å². The third-order valence-corrected chi connectivity index (χ3v) is 1.72. The number of aliphatic hydroxyl groups excluding tert-OH is 1. The van der Waals surface area contributed by atoms with Gasteiger partial charge in [-0.05, 0) is 6.42 Å². The Morgan fingerprint density at radius 2 is 2.30 bits per heavy atom. The predicted molar refractivity (Wildman–Crippen MR) is 35.5 cm³/mol. The van der Waals surface area contributed by atoms with Gasteiger partial charge in [0.25, 0.3) is 0 Å². The first-order valence-corrected chi connectivity index (χ1v) is 3.26. The molecule has 0 spiro atoms. The van der Waals surface area contributed by atoms with Crippen molar-refractivity contribution in [1.82, 2.24) is 0 Å². The summed E-state index contributed by atoms with van der Waals surface area (Å²) >= 11 is 0. The van der Waals surface area contributed by atoms with Gasteiger partial charge in [0.05, 0.1) is 5.92 Å². The van der Waals surface area contributed by atoms with Gasteiger partial charge in [-0.2, -0.15) is 0 Å². The normalized spacial score (nSPS) is 30.9. The molecule has 0 saturated heterocycles. The van der Waals surface area contributed by atoms with E-state index in [0.717, 1.165) is 0 Å². The molecule has 0 aliphatic heterocycles. The van der Waals surface area contributed by atoms with Crippen molar-refractivity contribution in [2.75, 3.05) is 6.61 Å². The summed E-state index contributed by atoms with van der Waals surface area (Å²) in [6, 6.07) is 0. The number of hydrogen-bond acceptors (Lipinski definition) is 2. The third-order valence-electron chi connectivity index (χ3n) is 1.72. The zero-order chi connectivity index (χ0) is 7.56. The Bertz CT molecular complexity index is 162. The third kappa shape index (κ3) is 1.36. The molecule has 0 radical (unpaired) electrons. The molecule has 0 aromatic heterocycles. The maximum Gasteiger partial charge on any atom is 0.310 e. The van der Waals surface area contributed by atoms with Gasteiger partial charge in [-0.3, -0.25) is 4.79 Å². The molecular weight excluding hydrogens is 132 g/mol. The van der Waals surface area contributed by atoms with Crippen molar-refractivity contribution in [3.8, 4) is 0 Å². The van der Waals surface area contributed by atoms with Crippen LogP contribution in [0.3, 0.4) is 0 Å². The van der Waals surface area contributed by atoms with Crippen molar-refractivity contribution in [2.24, 2.45) is 11.8 Å². The molecule has 0 amide bonds. The van der Waals surface area contributed by atoms with E-state index in [1.54, 1.807) is 12.2 Å². The number of carbonyl (C=O) groups is 1.